The van der Waals surface area contributed by atoms with Crippen LogP contribution in [0.1, 0.15) is 12.8 Å². The fourth-order valence-corrected chi connectivity index (χ4v) is 2.33. The van der Waals surface area contributed by atoms with Crippen LogP contribution >= 0.6 is 0 Å². The van der Waals surface area contributed by atoms with Crippen molar-refractivity contribution in [2.75, 3.05) is 13.1 Å². The molecule has 2 heterocycles. The molecule has 3 rings (SSSR count). The monoisotopic (exact) mass is 244 g/mol. The Bertz CT molecular complexity index is 557. The second-order valence-corrected chi connectivity index (χ2v) is 4.58. The van der Waals surface area contributed by atoms with Crippen molar-refractivity contribution in [2.24, 2.45) is 0 Å². The molecule has 1 fully saturated rings. The van der Waals surface area contributed by atoms with E-state index in [4.69, 9.17) is 0 Å². The van der Waals surface area contributed by atoms with Gasteiger partial charge in [-0.15, -0.1) is 0 Å². The van der Waals surface area contributed by atoms with Gasteiger partial charge in [0.15, 0.2) is 0 Å². The number of amides is 1. The van der Waals surface area contributed by atoms with Gasteiger partial charge in [0.2, 0.25) is 0 Å². The molecule has 1 saturated heterocycles. The molecule has 2 N–H and O–H groups in total. The summed E-state index contributed by atoms with van der Waals surface area (Å²) < 4.78 is 1.58. The standard InChI is InChI=1S/C13H16N4O/c18-13(16-10-5-7-14-8-6-10)17-9-15-11-3-1-2-4-12(11)17/h1-4,9-10,14H,5-8H2,(H,16,18). The van der Waals surface area contributed by atoms with Crippen molar-refractivity contribution in [3.8, 4) is 0 Å². The first-order valence-electron chi connectivity index (χ1n) is 6.28. The Labute approximate surface area is 105 Å². The van der Waals surface area contributed by atoms with Crippen LogP contribution in [0.4, 0.5) is 4.79 Å². The molecule has 0 aliphatic carbocycles. The molecule has 0 spiro atoms. The van der Waals surface area contributed by atoms with E-state index < -0.39 is 0 Å². The normalized spacial score (nSPS) is 16.9. The SMILES string of the molecule is O=C(NC1CCNCC1)n1cnc2ccccc21. The molecule has 1 amide bonds. The van der Waals surface area contributed by atoms with E-state index in [2.05, 4.69) is 15.6 Å². The van der Waals surface area contributed by atoms with Crippen LogP contribution in [-0.2, 0) is 0 Å². The predicted octanol–water partition coefficient (Wildman–Crippen LogP) is 1.35. The number of hydrogen-bond donors (Lipinski definition) is 2. The minimum Gasteiger partial charge on any atom is -0.335 e. The highest BCUT2D eigenvalue weighted by Crippen LogP contribution is 2.12. The Balaban J connectivity index is 1.79. The van der Waals surface area contributed by atoms with Gasteiger partial charge in [-0.05, 0) is 38.1 Å². The van der Waals surface area contributed by atoms with Crippen LogP contribution in [-0.4, -0.2) is 34.7 Å². The maximum absolute atomic E-state index is 12.2. The number of hydrogen-bond acceptors (Lipinski definition) is 3. The van der Waals surface area contributed by atoms with Gasteiger partial charge in [0, 0.05) is 6.04 Å². The summed E-state index contributed by atoms with van der Waals surface area (Å²) in [7, 11) is 0. The number of fused-ring (bicyclic) bond motifs is 1. The van der Waals surface area contributed by atoms with Crippen molar-refractivity contribution in [1.29, 1.82) is 0 Å². The van der Waals surface area contributed by atoms with Gasteiger partial charge in [-0.2, -0.15) is 0 Å². The lowest BCUT2D eigenvalue weighted by molar-refractivity contribution is 0.236. The van der Waals surface area contributed by atoms with E-state index in [1.54, 1.807) is 10.9 Å². The first-order valence-corrected chi connectivity index (χ1v) is 6.28. The number of aromatic nitrogens is 2. The molecule has 5 nitrogen and oxygen atoms in total. The van der Waals surface area contributed by atoms with Crippen molar-refractivity contribution in [3.63, 3.8) is 0 Å². The zero-order valence-electron chi connectivity index (χ0n) is 10.1. The lowest BCUT2D eigenvalue weighted by atomic mass is 10.1. The molecule has 0 unspecified atom stereocenters. The van der Waals surface area contributed by atoms with E-state index in [1.165, 1.54) is 0 Å². The van der Waals surface area contributed by atoms with Crippen LogP contribution in [0, 0.1) is 0 Å². The molecule has 2 aromatic rings. The Hall–Kier alpha value is -1.88. The summed E-state index contributed by atoms with van der Waals surface area (Å²) in [4.78, 5) is 16.4. The molecule has 94 valence electrons. The highest BCUT2D eigenvalue weighted by molar-refractivity contribution is 5.89. The Morgan fingerprint density at radius 3 is 2.94 bits per heavy atom. The first-order chi connectivity index (χ1) is 8.84. The molecule has 1 aromatic carbocycles. The quantitative estimate of drug-likeness (QED) is 0.796. The van der Waals surface area contributed by atoms with E-state index in [0.717, 1.165) is 37.0 Å². The molecule has 1 aliphatic rings. The van der Waals surface area contributed by atoms with Crippen LogP contribution < -0.4 is 10.6 Å². The molecule has 0 saturated carbocycles. The zero-order chi connectivity index (χ0) is 12.4. The molecule has 1 aromatic heterocycles. The summed E-state index contributed by atoms with van der Waals surface area (Å²) in [6.45, 7) is 1.94. The van der Waals surface area contributed by atoms with Gasteiger partial charge in [0.1, 0.15) is 6.33 Å². The van der Waals surface area contributed by atoms with E-state index in [9.17, 15) is 4.79 Å². The fourth-order valence-electron chi connectivity index (χ4n) is 2.33. The number of benzene rings is 1. The van der Waals surface area contributed by atoms with E-state index in [1.807, 2.05) is 24.3 Å². The maximum Gasteiger partial charge on any atom is 0.327 e. The molecule has 18 heavy (non-hydrogen) atoms. The highest BCUT2D eigenvalue weighted by Gasteiger charge is 2.17. The Morgan fingerprint density at radius 1 is 1.33 bits per heavy atom. The summed E-state index contributed by atoms with van der Waals surface area (Å²) in [6, 6.07) is 7.83. The number of nitrogens with zero attached hydrogens (tertiary/aromatic N) is 2. The molecule has 0 atom stereocenters. The number of rotatable bonds is 1. The van der Waals surface area contributed by atoms with Crippen molar-refractivity contribution in [1.82, 2.24) is 20.2 Å². The lowest BCUT2D eigenvalue weighted by Gasteiger charge is -2.23. The van der Waals surface area contributed by atoms with Crippen LogP contribution in [0.3, 0.4) is 0 Å². The van der Waals surface area contributed by atoms with Crippen molar-refractivity contribution in [2.45, 2.75) is 18.9 Å². The summed E-state index contributed by atoms with van der Waals surface area (Å²) in [5, 5.41) is 6.34. The number of imidazole rings is 1. The van der Waals surface area contributed by atoms with E-state index >= 15 is 0 Å². The van der Waals surface area contributed by atoms with Crippen LogP contribution in [0.2, 0.25) is 0 Å². The largest absolute Gasteiger partial charge is 0.335 e. The molecular weight excluding hydrogens is 228 g/mol. The molecule has 0 radical (unpaired) electrons. The van der Waals surface area contributed by atoms with Gasteiger partial charge in [-0.25, -0.2) is 9.78 Å². The van der Waals surface area contributed by atoms with Gasteiger partial charge in [0.05, 0.1) is 11.0 Å². The zero-order valence-corrected chi connectivity index (χ0v) is 10.1. The van der Waals surface area contributed by atoms with Gasteiger partial charge in [0.25, 0.3) is 0 Å². The average Bonchev–Trinajstić information content (AvgIpc) is 2.84. The van der Waals surface area contributed by atoms with Gasteiger partial charge >= 0.3 is 6.03 Å². The minimum absolute atomic E-state index is 0.0874. The fraction of sp³-hybridized carbons (Fsp3) is 0.385. The minimum atomic E-state index is -0.0874. The van der Waals surface area contributed by atoms with Gasteiger partial charge < -0.3 is 10.6 Å². The summed E-state index contributed by atoms with van der Waals surface area (Å²) >= 11 is 0. The van der Waals surface area contributed by atoms with Crippen molar-refractivity contribution in [3.05, 3.63) is 30.6 Å². The lowest BCUT2D eigenvalue weighted by Crippen LogP contribution is -2.44. The maximum atomic E-state index is 12.2. The summed E-state index contributed by atoms with van der Waals surface area (Å²) in [6.07, 6.45) is 3.55. The molecule has 1 aliphatic heterocycles. The van der Waals surface area contributed by atoms with Crippen molar-refractivity contribution < 1.29 is 4.79 Å². The molecule has 5 heteroatoms. The number of nitrogens with one attached hydrogen (secondary N) is 2. The van der Waals surface area contributed by atoms with E-state index in [-0.39, 0.29) is 12.1 Å². The second-order valence-electron chi connectivity index (χ2n) is 4.58. The topological polar surface area (TPSA) is 59.0 Å². The third-order valence-electron chi connectivity index (χ3n) is 3.34. The highest BCUT2D eigenvalue weighted by atomic mass is 16.2. The van der Waals surface area contributed by atoms with E-state index in [0.29, 0.717) is 0 Å². The van der Waals surface area contributed by atoms with Crippen molar-refractivity contribution >= 4 is 17.1 Å². The summed E-state index contributed by atoms with van der Waals surface area (Å²) in [5.41, 5.74) is 1.70. The Morgan fingerprint density at radius 2 is 2.11 bits per heavy atom. The van der Waals surface area contributed by atoms with Gasteiger partial charge in [-0.3, -0.25) is 4.57 Å². The van der Waals surface area contributed by atoms with Crippen LogP contribution in [0.15, 0.2) is 30.6 Å². The van der Waals surface area contributed by atoms with Gasteiger partial charge in [-0.1, -0.05) is 12.1 Å². The smallest absolute Gasteiger partial charge is 0.327 e. The average molecular weight is 244 g/mol. The number of carbonyl (C=O) groups is 1. The number of para-hydroxylation sites is 2. The third kappa shape index (κ3) is 2.09. The van der Waals surface area contributed by atoms with Crippen LogP contribution in [0.25, 0.3) is 11.0 Å². The number of piperidine rings is 1. The second kappa shape index (κ2) is 4.78. The molecule has 0 bridgehead atoms. The number of carbonyl (C=O) groups excluding carboxylic acids is 1. The molecular formula is C13H16N4O. The third-order valence-corrected chi connectivity index (χ3v) is 3.34. The van der Waals surface area contributed by atoms with Crippen LogP contribution in [0.5, 0.6) is 0 Å². The first kappa shape index (κ1) is 11.2. The Kier molecular flexibility index (Phi) is 2.98. The summed E-state index contributed by atoms with van der Waals surface area (Å²) in [5.74, 6) is 0. The predicted molar refractivity (Wildman–Crippen MR) is 69.6 cm³/mol.